The number of halogens is 1. The summed E-state index contributed by atoms with van der Waals surface area (Å²) in [6, 6.07) is 4.82. The number of hydrogen-bond acceptors (Lipinski definition) is 10. The number of carbonyl (C=O) groups is 1. The largest absolute Gasteiger partial charge is 0.460 e. The van der Waals surface area contributed by atoms with Crippen molar-refractivity contribution in [3.63, 3.8) is 0 Å². The number of anilines is 1. The number of nitrogens with two attached hydrogens (primary N) is 1. The van der Waals surface area contributed by atoms with E-state index in [1.54, 1.807) is 24.5 Å². The molecule has 12 heteroatoms. The van der Waals surface area contributed by atoms with Crippen molar-refractivity contribution < 1.29 is 28.2 Å². The van der Waals surface area contributed by atoms with Crippen LogP contribution in [-0.2, 0) is 30.4 Å². The van der Waals surface area contributed by atoms with Gasteiger partial charge in [0.2, 0.25) is 5.95 Å². The third-order valence-electron chi connectivity index (χ3n) is 6.40. The van der Waals surface area contributed by atoms with Crippen LogP contribution in [-0.4, -0.2) is 66.2 Å². The molecule has 2 fully saturated rings. The van der Waals surface area contributed by atoms with Crippen LogP contribution < -0.4 is 10.6 Å². The summed E-state index contributed by atoms with van der Waals surface area (Å²) < 4.78 is 31.5. The minimum atomic E-state index is -0.686. The average molecular weight is 543 g/mol. The molecule has 39 heavy (non-hydrogen) atoms. The van der Waals surface area contributed by atoms with Crippen LogP contribution >= 0.6 is 0 Å². The molecule has 2 aromatic rings. The molecular weight excluding hydrogens is 507 g/mol. The van der Waals surface area contributed by atoms with E-state index in [9.17, 15) is 4.79 Å². The van der Waals surface area contributed by atoms with Crippen molar-refractivity contribution in [3.05, 3.63) is 42.0 Å². The molecule has 0 aliphatic carbocycles. The standard InChI is InChI=1S/C27H35FN6O5/c1-18(39-25-7-2-3-12-36-25)16-38-33-21-8-10-34(11-9-21)27-31-14-20(15-32-27)22-6-4-5-19(26(22)28)17-37-24(35)13-23(29)30/h4-6,14-15,18,25H,2-3,7-13,16-17H2,1H3,(H3,29,30). The molecule has 2 unspecified atom stereocenters. The highest BCUT2D eigenvalue weighted by Gasteiger charge is 2.20. The van der Waals surface area contributed by atoms with Crippen molar-refractivity contribution in [2.45, 2.75) is 64.4 Å². The van der Waals surface area contributed by atoms with Gasteiger partial charge in [0.1, 0.15) is 31.3 Å². The molecule has 0 bridgehead atoms. The van der Waals surface area contributed by atoms with Crippen LogP contribution in [0, 0.1) is 11.2 Å². The van der Waals surface area contributed by atoms with E-state index < -0.39 is 11.8 Å². The Kier molecular flexibility index (Phi) is 10.1. The number of hydrogen-bond donors (Lipinski definition) is 2. The van der Waals surface area contributed by atoms with Gasteiger partial charge < -0.3 is 29.7 Å². The van der Waals surface area contributed by atoms with Crippen LogP contribution in [0.4, 0.5) is 10.3 Å². The van der Waals surface area contributed by atoms with Gasteiger partial charge >= 0.3 is 5.97 Å². The Morgan fingerprint density at radius 1 is 1.28 bits per heavy atom. The van der Waals surface area contributed by atoms with Gasteiger partial charge in [-0.3, -0.25) is 10.2 Å². The zero-order valence-electron chi connectivity index (χ0n) is 22.1. The Balaban J connectivity index is 1.25. The van der Waals surface area contributed by atoms with E-state index in [-0.39, 0.29) is 36.8 Å². The molecular formula is C27H35FN6O5. The average Bonchev–Trinajstić information content (AvgIpc) is 2.93. The van der Waals surface area contributed by atoms with Gasteiger partial charge in [-0.15, -0.1) is 0 Å². The molecule has 4 rings (SSSR count). The molecule has 2 saturated heterocycles. The monoisotopic (exact) mass is 542 g/mol. The second-order valence-corrected chi connectivity index (χ2v) is 9.60. The number of rotatable bonds is 11. The summed E-state index contributed by atoms with van der Waals surface area (Å²) in [6.45, 7) is 4.20. The van der Waals surface area contributed by atoms with Crippen LogP contribution in [0.3, 0.4) is 0 Å². The number of oxime groups is 1. The maximum absolute atomic E-state index is 15.1. The van der Waals surface area contributed by atoms with Crippen molar-refractivity contribution in [1.29, 1.82) is 5.41 Å². The molecule has 1 aromatic heterocycles. The normalized spacial score (nSPS) is 18.4. The highest BCUT2D eigenvalue weighted by atomic mass is 19.1. The lowest BCUT2D eigenvalue weighted by Gasteiger charge is -2.27. The lowest BCUT2D eigenvalue weighted by Crippen LogP contribution is -2.35. The summed E-state index contributed by atoms with van der Waals surface area (Å²) in [7, 11) is 0. The van der Waals surface area contributed by atoms with Crippen LogP contribution in [0.2, 0.25) is 0 Å². The smallest absolute Gasteiger partial charge is 0.313 e. The van der Waals surface area contributed by atoms with Crippen molar-refractivity contribution >= 4 is 23.5 Å². The van der Waals surface area contributed by atoms with Crippen LogP contribution in [0.15, 0.2) is 35.7 Å². The molecule has 0 amide bonds. The molecule has 0 radical (unpaired) electrons. The molecule has 2 aliphatic rings. The van der Waals surface area contributed by atoms with Gasteiger partial charge in [-0.2, -0.15) is 0 Å². The molecule has 2 atom stereocenters. The zero-order valence-corrected chi connectivity index (χ0v) is 22.1. The summed E-state index contributed by atoms with van der Waals surface area (Å²) in [5, 5.41) is 11.4. The number of benzene rings is 1. The minimum Gasteiger partial charge on any atom is -0.460 e. The lowest BCUT2D eigenvalue weighted by atomic mass is 10.0. The summed E-state index contributed by atoms with van der Waals surface area (Å²) in [4.78, 5) is 28.1. The molecule has 2 aliphatic heterocycles. The van der Waals surface area contributed by atoms with Crippen LogP contribution in [0.5, 0.6) is 0 Å². The van der Waals surface area contributed by atoms with E-state index in [0.29, 0.717) is 36.8 Å². The van der Waals surface area contributed by atoms with Gasteiger partial charge in [-0.1, -0.05) is 23.4 Å². The van der Waals surface area contributed by atoms with E-state index in [1.807, 2.05) is 6.92 Å². The predicted octanol–water partition coefficient (Wildman–Crippen LogP) is 3.56. The Morgan fingerprint density at radius 2 is 2.05 bits per heavy atom. The maximum atomic E-state index is 15.1. The Hall–Kier alpha value is -3.64. The maximum Gasteiger partial charge on any atom is 0.313 e. The van der Waals surface area contributed by atoms with Gasteiger partial charge in [0.25, 0.3) is 0 Å². The first-order valence-corrected chi connectivity index (χ1v) is 13.2. The number of carbonyl (C=O) groups excluding carboxylic acids is 1. The van der Waals surface area contributed by atoms with Crippen LogP contribution in [0.25, 0.3) is 11.1 Å². The molecule has 0 spiro atoms. The SMILES string of the molecule is CC(CON=C1CCN(c2ncc(-c3cccc(COC(=O)CC(=N)N)c3F)cn2)CC1)OC1CCCCO1. The van der Waals surface area contributed by atoms with E-state index in [4.69, 9.17) is 30.2 Å². The number of piperidine rings is 1. The van der Waals surface area contributed by atoms with Crippen LogP contribution in [0.1, 0.15) is 51.0 Å². The topological polar surface area (TPSA) is 145 Å². The highest BCUT2D eigenvalue weighted by molar-refractivity contribution is 5.94. The lowest BCUT2D eigenvalue weighted by molar-refractivity contribution is -0.193. The number of ether oxygens (including phenoxy) is 3. The van der Waals surface area contributed by atoms with Gasteiger partial charge in [0, 0.05) is 61.6 Å². The summed E-state index contributed by atoms with van der Waals surface area (Å²) in [6.07, 6.45) is 7.15. The number of esters is 1. The predicted molar refractivity (Wildman–Crippen MR) is 143 cm³/mol. The molecule has 3 heterocycles. The Bertz CT molecular complexity index is 1150. The summed E-state index contributed by atoms with van der Waals surface area (Å²) in [5.41, 5.74) is 7.20. The first-order valence-electron chi connectivity index (χ1n) is 13.2. The van der Waals surface area contributed by atoms with Crippen molar-refractivity contribution in [1.82, 2.24) is 9.97 Å². The van der Waals surface area contributed by atoms with E-state index in [2.05, 4.69) is 20.0 Å². The van der Waals surface area contributed by atoms with Gasteiger partial charge in [0.15, 0.2) is 6.29 Å². The van der Waals surface area contributed by atoms with E-state index >= 15 is 4.39 Å². The van der Waals surface area contributed by atoms with Gasteiger partial charge in [-0.05, 0) is 26.2 Å². The molecule has 210 valence electrons. The van der Waals surface area contributed by atoms with Gasteiger partial charge in [-0.25, -0.2) is 14.4 Å². The number of amidine groups is 1. The molecule has 11 nitrogen and oxygen atoms in total. The van der Waals surface area contributed by atoms with E-state index in [1.165, 1.54) is 6.07 Å². The second kappa shape index (κ2) is 13.9. The number of aromatic nitrogens is 2. The molecule has 1 aromatic carbocycles. The minimum absolute atomic E-state index is 0.100. The van der Waals surface area contributed by atoms with Crippen molar-refractivity contribution in [3.8, 4) is 11.1 Å². The molecule has 0 saturated carbocycles. The Morgan fingerprint density at radius 3 is 2.74 bits per heavy atom. The quantitative estimate of drug-likeness (QED) is 0.188. The first-order chi connectivity index (χ1) is 18.9. The summed E-state index contributed by atoms with van der Waals surface area (Å²) in [5.74, 6) is -0.954. The number of nitrogens with zero attached hydrogens (tertiary/aromatic N) is 4. The first kappa shape index (κ1) is 28.4. The summed E-state index contributed by atoms with van der Waals surface area (Å²) >= 11 is 0. The van der Waals surface area contributed by atoms with E-state index in [0.717, 1.165) is 44.4 Å². The fourth-order valence-electron chi connectivity index (χ4n) is 4.31. The van der Waals surface area contributed by atoms with Crippen molar-refractivity contribution in [2.75, 3.05) is 31.2 Å². The molecule has 3 N–H and O–H groups in total. The zero-order chi connectivity index (χ0) is 27.6. The van der Waals surface area contributed by atoms with Crippen molar-refractivity contribution in [2.24, 2.45) is 10.9 Å². The third kappa shape index (κ3) is 8.42. The van der Waals surface area contributed by atoms with Gasteiger partial charge in [0.05, 0.1) is 11.8 Å². The second-order valence-electron chi connectivity index (χ2n) is 9.60. The fourth-order valence-corrected chi connectivity index (χ4v) is 4.31. The number of nitrogens with one attached hydrogen (secondary N) is 1. The fraction of sp³-hybridized carbons (Fsp3) is 0.519. The third-order valence-corrected chi connectivity index (χ3v) is 6.40. The highest BCUT2D eigenvalue weighted by Crippen LogP contribution is 2.26. The Labute approximate surface area is 227 Å².